The molecule has 0 radical (unpaired) electrons. The van der Waals surface area contributed by atoms with Crippen molar-refractivity contribution in [2.24, 2.45) is 0 Å². The Labute approximate surface area is 252 Å². The summed E-state index contributed by atoms with van der Waals surface area (Å²) in [6.45, 7) is 2.16. The van der Waals surface area contributed by atoms with E-state index in [0.717, 1.165) is 32.7 Å². The number of rotatable bonds is 5. The molecule has 202 valence electrons. The minimum Gasteiger partial charge on any atom is -0.454 e. The van der Waals surface area contributed by atoms with E-state index in [1.54, 1.807) is 6.07 Å². The molecule has 0 bridgehead atoms. The number of hydrogen-bond acceptors (Lipinski definition) is 3. The summed E-state index contributed by atoms with van der Waals surface area (Å²) in [5.74, 6) is 0. The molecule has 0 amide bonds. The molecule has 42 heavy (non-hydrogen) atoms. The van der Waals surface area contributed by atoms with Gasteiger partial charge in [-0.05, 0) is 99.7 Å². The second kappa shape index (κ2) is 10.8. The van der Waals surface area contributed by atoms with Gasteiger partial charge in [0, 0.05) is 22.6 Å². The summed E-state index contributed by atoms with van der Waals surface area (Å²) in [5.41, 5.74) is 9.76. The molecule has 7 rings (SSSR count). The molecule has 0 aliphatic rings. The van der Waals surface area contributed by atoms with Crippen LogP contribution in [0.4, 0.5) is 17.1 Å². The number of aryl methyl sites for hydroxylation is 1. The number of hydrogen-bond donors (Lipinski definition) is 0. The summed E-state index contributed by atoms with van der Waals surface area (Å²) in [4.78, 5) is 15.6. The lowest BCUT2D eigenvalue weighted by Gasteiger charge is -2.27. The first-order valence-electron chi connectivity index (χ1n) is 13.8. The van der Waals surface area contributed by atoms with Crippen molar-refractivity contribution in [2.45, 2.75) is 6.92 Å². The van der Waals surface area contributed by atoms with Crippen LogP contribution in [-0.2, 0) is 0 Å². The lowest BCUT2D eigenvalue weighted by molar-refractivity contribution is 0.659. The third-order valence-electron chi connectivity index (χ3n) is 7.67. The monoisotopic (exact) mass is 607 g/mol. The Hall–Kier alpha value is -4.93. The Morgan fingerprint density at radius 2 is 1.19 bits per heavy atom. The zero-order chi connectivity index (χ0) is 28.6. The van der Waals surface area contributed by atoms with Gasteiger partial charge in [0.25, 0.3) is 0 Å². The molecule has 3 nitrogen and oxygen atoms in total. The van der Waals surface area contributed by atoms with Crippen LogP contribution in [0.25, 0.3) is 44.2 Å². The first-order valence-corrected chi connectivity index (χ1v) is 14.6. The highest BCUT2D eigenvalue weighted by atomic mass is 79.9. The van der Waals surface area contributed by atoms with Gasteiger partial charge >= 0.3 is 0 Å². The fourth-order valence-electron chi connectivity index (χ4n) is 5.60. The van der Waals surface area contributed by atoms with Gasteiger partial charge in [0.15, 0.2) is 5.58 Å². The number of halogens is 1. The molecule has 0 unspecified atom stereocenters. The molecule has 6 aromatic carbocycles. The van der Waals surface area contributed by atoms with Crippen molar-refractivity contribution in [1.29, 1.82) is 0 Å². The largest absolute Gasteiger partial charge is 0.454 e. The molecular weight excluding hydrogens is 582 g/mol. The second-order valence-electron chi connectivity index (χ2n) is 10.3. The fourth-order valence-corrected chi connectivity index (χ4v) is 6.05. The van der Waals surface area contributed by atoms with Gasteiger partial charge in [-0.2, -0.15) is 0 Å². The van der Waals surface area contributed by atoms with E-state index in [9.17, 15) is 4.79 Å². The van der Waals surface area contributed by atoms with Gasteiger partial charge in [0.1, 0.15) is 5.58 Å². The van der Waals surface area contributed by atoms with Crippen LogP contribution in [0.5, 0.6) is 0 Å². The van der Waals surface area contributed by atoms with Crippen LogP contribution in [0, 0.1) is 6.92 Å². The van der Waals surface area contributed by atoms with Crippen LogP contribution in [0.15, 0.2) is 153 Å². The van der Waals surface area contributed by atoms with Crippen molar-refractivity contribution in [3.63, 3.8) is 0 Å². The number of fused-ring (bicyclic) bond motifs is 2. The summed E-state index contributed by atoms with van der Waals surface area (Å²) < 4.78 is 7.13. The van der Waals surface area contributed by atoms with Crippen molar-refractivity contribution < 1.29 is 4.42 Å². The van der Waals surface area contributed by atoms with Crippen molar-refractivity contribution in [1.82, 2.24) is 0 Å². The quantitative estimate of drug-likeness (QED) is 0.182. The Morgan fingerprint density at radius 1 is 0.571 bits per heavy atom. The molecule has 0 spiro atoms. The molecule has 0 aliphatic heterocycles. The van der Waals surface area contributed by atoms with E-state index in [0.29, 0.717) is 21.9 Å². The van der Waals surface area contributed by atoms with Crippen LogP contribution >= 0.6 is 15.9 Å². The van der Waals surface area contributed by atoms with Gasteiger partial charge in [-0.25, -0.2) is 0 Å². The van der Waals surface area contributed by atoms with Crippen LogP contribution in [-0.4, -0.2) is 0 Å². The molecule has 0 saturated carbocycles. The second-order valence-corrected chi connectivity index (χ2v) is 11.2. The number of benzene rings is 6. The molecular formula is C38H26BrNO2. The zero-order valence-corrected chi connectivity index (χ0v) is 24.5. The topological polar surface area (TPSA) is 33.5 Å². The standard InChI is InChI=1S/C38H26BrNO2/c1-25-24-28(26-10-4-2-5-11-26)20-23-35(25)40(29-12-6-3-7-13-29)30-21-18-27(19-22-30)31-14-8-15-32-36(41)33-16-9-17-34(39)38(33)42-37(31)32/h2-24H,1H3. The molecule has 1 heterocycles. The van der Waals surface area contributed by atoms with Crippen molar-refractivity contribution in [3.8, 4) is 22.3 Å². The highest BCUT2D eigenvalue weighted by molar-refractivity contribution is 9.10. The predicted octanol–water partition coefficient (Wildman–Crippen LogP) is 10.8. The average molecular weight is 609 g/mol. The van der Waals surface area contributed by atoms with Crippen LogP contribution < -0.4 is 10.3 Å². The maximum atomic E-state index is 13.3. The summed E-state index contributed by atoms with van der Waals surface area (Å²) in [7, 11) is 0. The Kier molecular flexibility index (Phi) is 6.69. The predicted molar refractivity (Wildman–Crippen MR) is 178 cm³/mol. The van der Waals surface area contributed by atoms with Crippen molar-refractivity contribution >= 4 is 54.9 Å². The van der Waals surface area contributed by atoms with E-state index < -0.39 is 0 Å². The smallest absolute Gasteiger partial charge is 0.200 e. The maximum absolute atomic E-state index is 13.3. The molecule has 1 aromatic heterocycles. The van der Waals surface area contributed by atoms with E-state index in [4.69, 9.17) is 4.42 Å². The van der Waals surface area contributed by atoms with E-state index in [2.05, 4.69) is 119 Å². The molecule has 0 aliphatic carbocycles. The summed E-state index contributed by atoms with van der Waals surface area (Å²) in [6, 6.07) is 47.2. The lowest BCUT2D eigenvalue weighted by Crippen LogP contribution is -2.11. The Bertz CT molecular complexity index is 2120. The van der Waals surface area contributed by atoms with Crippen LogP contribution in [0.3, 0.4) is 0 Å². The Morgan fingerprint density at radius 3 is 1.90 bits per heavy atom. The number of para-hydroxylation sites is 3. The molecule has 0 N–H and O–H groups in total. The minimum atomic E-state index is -0.0318. The molecule has 0 saturated heterocycles. The zero-order valence-electron chi connectivity index (χ0n) is 22.9. The lowest BCUT2D eigenvalue weighted by atomic mass is 10.00. The SMILES string of the molecule is Cc1cc(-c2ccccc2)ccc1N(c1ccccc1)c1ccc(-c2cccc3c(=O)c4cccc(Br)c4oc23)cc1. The number of nitrogens with zero attached hydrogens (tertiary/aromatic N) is 1. The van der Waals surface area contributed by atoms with E-state index in [1.807, 2.05) is 42.5 Å². The van der Waals surface area contributed by atoms with Crippen LogP contribution in [0.2, 0.25) is 0 Å². The molecule has 7 aromatic rings. The first kappa shape index (κ1) is 26.0. The summed E-state index contributed by atoms with van der Waals surface area (Å²) in [5, 5.41) is 1.14. The van der Waals surface area contributed by atoms with Crippen molar-refractivity contribution in [2.75, 3.05) is 4.90 Å². The third-order valence-corrected chi connectivity index (χ3v) is 8.30. The first-order chi connectivity index (χ1) is 20.6. The van der Waals surface area contributed by atoms with Gasteiger partial charge in [0.05, 0.1) is 15.2 Å². The van der Waals surface area contributed by atoms with Gasteiger partial charge in [-0.15, -0.1) is 0 Å². The summed E-state index contributed by atoms with van der Waals surface area (Å²) in [6.07, 6.45) is 0. The highest BCUT2D eigenvalue weighted by Crippen LogP contribution is 2.39. The van der Waals surface area contributed by atoms with Gasteiger partial charge in [-0.1, -0.05) is 84.9 Å². The van der Waals surface area contributed by atoms with Crippen molar-refractivity contribution in [3.05, 3.63) is 160 Å². The normalized spacial score (nSPS) is 11.2. The van der Waals surface area contributed by atoms with Gasteiger partial charge in [0.2, 0.25) is 5.43 Å². The van der Waals surface area contributed by atoms with Gasteiger partial charge < -0.3 is 9.32 Å². The molecule has 4 heteroatoms. The number of anilines is 3. The van der Waals surface area contributed by atoms with E-state index in [1.165, 1.54) is 16.7 Å². The van der Waals surface area contributed by atoms with E-state index in [-0.39, 0.29) is 5.43 Å². The average Bonchev–Trinajstić information content (AvgIpc) is 3.04. The summed E-state index contributed by atoms with van der Waals surface area (Å²) >= 11 is 3.55. The van der Waals surface area contributed by atoms with Gasteiger partial charge in [-0.3, -0.25) is 4.79 Å². The minimum absolute atomic E-state index is 0.0318. The fraction of sp³-hybridized carbons (Fsp3) is 0.0263. The Balaban J connectivity index is 1.33. The maximum Gasteiger partial charge on any atom is 0.200 e. The molecule has 0 atom stereocenters. The molecule has 0 fully saturated rings. The van der Waals surface area contributed by atoms with E-state index >= 15 is 0 Å². The van der Waals surface area contributed by atoms with Crippen LogP contribution in [0.1, 0.15) is 5.56 Å². The highest BCUT2D eigenvalue weighted by Gasteiger charge is 2.17. The third kappa shape index (κ3) is 4.60.